The summed E-state index contributed by atoms with van der Waals surface area (Å²) in [5, 5.41) is 21.3. The van der Waals surface area contributed by atoms with Crippen LogP contribution in [0.25, 0.3) is 22.0 Å². The van der Waals surface area contributed by atoms with Gasteiger partial charge >= 0.3 is 0 Å². The standard InChI is InChI=1S/C20H17N3O3/c1-11-8-16(25-3)17(13-6-7-22-18(11)13)20(2,24)19-23-14-9-12(10-21)4-5-15(14)26-19/h4-9,22,24H,1-3H3. The van der Waals surface area contributed by atoms with E-state index in [-0.39, 0.29) is 5.89 Å². The number of nitriles is 1. The summed E-state index contributed by atoms with van der Waals surface area (Å²) in [5.74, 6) is 0.701. The Balaban J connectivity index is 1.97. The number of H-pyrrole nitrogens is 1. The van der Waals surface area contributed by atoms with Gasteiger partial charge in [0.15, 0.2) is 11.2 Å². The molecule has 2 aromatic heterocycles. The van der Waals surface area contributed by atoms with Gasteiger partial charge in [-0.25, -0.2) is 4.98 Å². The van der Waals surface area contributed by atoms with Gasteiger partial charge in [-0.2, -0.15) is 5.26 Å². The van der Waals surface area contributed by atoms with Crippen LogP contribution in [0.1, 0.15) is 29.5 Å². The number of nitrogens with zero attached hydrogens (tertiary/aromatic N) is 2. The first-order chi connectivity index (χ1) is 12.5. The summed E-state index contributed by atoms with van der Waals surface area (Å²) in [4.78, 5) is 7.62. The predicted octanol–water partition coefficient (Wildman–Crippen LogP) is 3.75. The monoisotopic (exact) mass is 347 g/mol. The van der Waals surface area contributed by atoms with Gasteiger partial charge in [-0.15, -0.1) is 0 Å². The largest absolute Gasteiger partial charge is 0.496 e. The number of oxazole rings is 1. The van der Waals surface area contributed by atoms with Crippen molar-refractivity contribution in [3.05, 3.63) is 59.1 Å². The topological polar surface area (TPSA) is 95.1 Å². The quantitative estimate of drug-likeness (QED) is 0.588. The highest BCUT2D eigenvalue weighted by Crippen LogP contribution is 2.41. The molecule has 2 aromatic carbocycles. The van der Waals surface area contributed by atoms with Crippen LogP contribution in [0.5, 0.6) is 5.75 Å². The SMILES string of the molecule is COc1cc(C)c2[nH]ccc2c1C(C)(O)c1nc2cc(C#N)ccc2o1. The second-order valence-electron chi connectivity index (χ2n) is 6.42. The maximum absolute atomic E-state index is 11.4. The van der Waals surface area contributed by atoms with Crippen molar-refractivity contribution in [3.8, 4) is 11.8 Å². The number of aryl methyl sites for hydroxylation is 1. The first kappa shape index (κ1) is 16.2. The highest BCUT2D eigenvalue weighted by Gasteiger charge is 2.37. The van der Waals surface area contributed by atoms with Crippen LogP contribution in [0.15, 0.2) is 40.9 Å². The van der Waals surface area contributed by atoms with Crippen molar-refractivity contribution in [3.63, 3.8) is 0 Å². The zero-order valence-electron chi connectivity index (χ0n) is 14.6. The summed E-state index contributed by atoms with van der Waals surface area (Å²) in [7, 11) is 1.57. The van der Waals surface area contributed by atoms with E-state index in [1.165, 1.54) is 0 Å². The number of hydrogen-bond acceptors (Lipinski definition) is 5. The maximum atomic E-state index is 11.4. The van der Waals surface area contributed by atoms with E-state index in [1.54, 1.807) is 32.2 Å². The maximum Gasteiger partial charge on any atom is 0.232 e. The molecule has 0 amide bonds. The molecule has 1 atom stereocenters. The molecular formula is C20H17N3O3. The minimum atomic E-state index is -1.52. The number of aromatic amines is 1. The fourth-order valence-corrected chi connectivity index (χ4v) is 3.35. The fourth-order valence-electron chi connectivity index (χ4n) is 3.35. The van der Waals surface area contributed by atoms with Crippen LogP contribution >= 0.6 is 0 Å². The summed E-state index contributed by atoms with van der Waals surface area (Å²) < 4.78 is 11.3. The molecule has 26 heavy (non-hydrogen) atoms. The summed E-state index contributed by atoms with van der Waals surface area (Å²) in [6.07, 6.45) is 1.82. The number of nitrogens with one attached hydrogen (secondary N) is 1. The Bertz CT molecular complexity index is 1180. The second kappa shape index (κ2) is 5.61. The highest BCUT2D eigenvalue weighted by molar-refractivity contribution is 5.89. The van der Waals surface area contributed by atoms with Crippen LogP contribution < -0.4 is 4.74 Å². The lowest BCUT2D eigenvalue weighted by atomic mass is 9.90. The zero-order chi connectivity index (χ0) is 18.5. The van der Waals surface area contributed by atoms with E-state index in [1.807, 2.05) is 25.3 Å². The zero-order valence-corrected chi connectivity index (χ0v) is 14.6. The van der Waals surface area contributed by atoms with Crippen LogP contribution in [0.3, 0.4) is 0 Å². The molecule has 0 spiro atoms. The Hall–Kier alpha value is -3.30. The Morgan fingerprint density at radius 1 is 1.31 bits per heavy atom. The molecule has 6 nitrogen and oxygen atoms in total. The number of rotatable bonds is 3. The van der Waals surface area contributed by atoms with Crippen molar-refractivity contribution >= 4 is 22.0 Å². The molecule has 6 heteroatoms. The number of hydrogen-bond donors (Lipinski definition) is 2. The molecule has 130 valence electrons. The minimum absolute atomic E-state index is 0.146. The third kappa shape index (κ3) is 2.25. The van der Waals surface area contributed by atoms with Crippen molar-refractivity contribution in [2.24, 2.45) is 0 Å². The minimum Gasteiger partial charge on any atom is -0.496 e. The van der Waals surface area contributed by atoms with Crippen LogP contribution in [0.2, 0.25) is 0 Å². The summed E-state index contributed by atoms with van der Waals surface area (Å²) in [5.41, 5.74) is 2.51. The number of ether oxygens (including phenoxy) is 1. The van der Waals surface area contributed by atoms with Gasteiger partial charge in [0.05, 0.1) is 18.7 Å². The molecule has 0 bridgehead atoms. The summed E-state index contributed by atoms with van der Waals surface area (Å²) in [6, 6.07) is 10.8. The predicted molar refractivity (Wildman–Crippen MR) is 97.0 cm³/mol. The fraction of sp³-hybridized carbons (Fsp3) is 0.200. The van der Waals surface area contributed by atoms with E-state index >= 15 is 0 Å². The average molecular weight is 347 g/mol. The van der Waals surface area contributed by atoms with Gasteiger partial charge in [0.1, 0.15) is 11.3 Å². The Kier molecular flexibility index (Phi) is 3.49. The number of benzene rings is 2. The van der Waals surface area contributed by atoms with Crippen molar-refractivity contribution < 1.29 is 14.3 Å². The van der Waals surface area contributed by atoms with Gasteiger partial charge in [-0.1, -0.05) is 0 Å². The Morgan fingerprint density at radius 3 is 2.85 bits per heavy atom. The number of methoxy groups -OCH3 is 1. The van der Waals surface area contributed by atoms with Crippen LogP contribution in [0, 0.1) is 18.3 Å². The third-order valence-electron chi connectivity index (χ3n) is 4.64. The lowest BCUT2D eigenvalue weighted by Gasteiger charge is -2.24. The Labute approximate surface area is 149 Å². The molecule has 4 aromatic rings. The van der Waals surface area contributed by atoms with E-state index in [9.17, 15) is 5.11 Å². The van der Waals surface area contributed by atoms with Crippen molar-refractivity contribution in [2.45, 2.75) is 19.4 Å². The molecule has 2 heterocycles. The second-order valence-corrected chi connectivity index (χ2v) is 6.42. The summed E-state index contributed by atoms with van der Waals surface area (Å²) >= 11 is 0. The van der Waals surface area contributed by atoms with Gasteiger partial charge < -0.3 is 19.2 Å². The molecule has 0 saturated heterocycles. The van der Waals surface area contributed by atoms with E-state index in [0.29, 0.717) is 28.0 Å². The molecular weight excluding hydrogens is 330 g/mol. The molecule has 0 aliphatic rings. The normalized spacial score (nSPS) is 13.7. The first-order valence-electron chi connectivity index (χ1n) is 8.14. The Morgan fingerprint density at radius 2 is 2.12 bits per heavy atom. The van der Waals surface area contributed by atoms with Gasteiger partial charge in [-0.05, 0) is 49.7 Å². The van der Waals surface area contributed by atoms with Crippen LogP contribution in [0.4, 0.5) is 0 Å². The highest BCUT2D eigenvalue weighted by atomic mass is 16.5. The molecule has 0 aliphatic carbocycles. The molecule has 1 unspecified atom stereocenters. The number of aromatic nitrogens is 2. The van der Waals surface area contributed by atoms with Crippen molar-refractivity contribution in [2.75, 3.05) is 7.11 Å². The van der Waals surface area contributed by atoms with E-state index in [4.69, 9.17) is 14.4 Å². The third-order valence-corrected chi connectivity index (χ3v) is 4.64. The molecule has 2 N–H and O–H groups in total. The first-order valence-corrected chi connectivity index (χ1v) is 8.14. The van der Waals surface area contributed by atoms with Crippen LogP contribution in [-0.2, 0) is 5.60 Å². The molecule has 4 rings (SSSR count). The smallest absolute Gasteiger partial charge is 0.232 e. The lowest BCUT2D eigenvalue weighted by molar-refractivity contribution is 0.0715. The number of fused-ring (bicyclic) bond motifs is 2. The van der Waals surface area contributed by atoms with Gasteiger partial charge in [0.2, 0.25) is 5.89 Å². The van der Waals surface area contributed by atoms with Gasteiger partial charge in [0.25, 0.3) is 0 Å². The molecule has 0 saturated carbocycles. The lowest BCUT2D eigenvalue weighted by Crippen LogP contribution is -2.24. The molecule has 0 aliphatic heterocycles. The van der Waals surface area contributed by atoms with E-state index in [0.717, 1.165) is 16.5 Å². The molecule has 0 radical (unpaired) electrons. The summed E-state index contributed by atoms with van der Waals surface area (Å²) in [6.45, 7) is 3.60. The van der Waals surface area contributed by atoms with Gasteiger partial charge in [0, 0.05) is 22.7 Å². The van der Waals surface area contributed by atoms with Crippen molar-refractivity contribution in [1.29, 1.82) is 5.26 Å². The average Bonchev–Trinajstić information content (AvgIpc) is 3.27. The van der Waals surface area contributed by atoms with Crippen LogP contribution in [-0.4, -0.2) is 22.2 Å². The van der Waals surface area contributed by atoms with Crippen molar-refractivity contribution in [1.82, 2.24) is 9.97 Å². The van der Waals surface area contributed by atoms with E-state index < -0.39 is 5.60 Å². The molecule has 0 fully saturated rings. The number of aliphatic hydroxyl groups is 1. The van der Waals surface area contributed by atoms with E-state index in [2.05, 4.69) is 16.0 Å². The van der Waals surface area contributed by atoms with Gasteiger partial charge in [-0.3, -0.25) is 0 Å².